The summed E-state index contributed by atoms with van der Waals surface area (Å²) in [6.45, 7) is 0.922. The Morgan fingerprint density at radius 2 is 1.93 bits per heavy atom. The Hall–Kier alpha value is -1.42. The van der Waals surface area contributed by atoms with E-state index in [0.29, 0.717) is 5.56 Å². The lowest BCUT2D eigenvalue weighted by Gasteiger charge is -2.13. The largest absolute Gasteiger partial charge is 0.504 e. The van der Waals surface area contributed by atoms with Gasteiger partial charge in [-0.25, -0.2) is 0 Å². The Kier molecular flexibility index (Phi) is 2.21. The first-order valence-corrected chi connectivity index (χ1v) is 4.67. The maximum Gasteiger partial charge on any atom is 0.200 e. The Morgan fingerprint density at radius 1 is 1.14 bits per heavy atom. The van der Waals surface area contributed by atoms with Gasteiger partial charge in [0.15, 0.2) is 11.5 Å². The Labute approximate surface area is 81.8 Å². The molecule has 2 rings (SSSR count). The summed E-state index contributed by atoms with van der Waals surface area (Å²) in [7, 11) is 0. The van der Waals surface area contributed by atoms with Crippen LogP contribution in [0.25, 0.3) is 0 Å². The normalized spacial score (nSPS) is 21.3. The first-order chi connectivity index (χ1) is 6.70. The quantitative estimate of drug-likeness (QED) is 0.508. The zero-order valence-corrected chi connectivity index (χ0v) is 7.70. The van der Waals surface area contributed by atoms with Crippen LogP contribution in [0.1, 0.15) is 24.4 Å². The van der Waals surface area contributed by atoms with Gasteiger partial charge in [0, 0.05) is 11.6 Å². The molecule has 0 amide bonds. The first-order valence-electron chi connectivity index (χ1n) is 4.67. The van der Waals surface area contributed by atoms with E-state index < -0.39 is 5.75 Å². The van der Waals surface area contributed by atoms with E-state index in [1.54, 1.807) is 6.07 Å². The van der Waals surface area contributed by atoms with Crippen molar-refractivity contribution in [1.29, 1.82) is 0 Å². The molecule has 0 unspecified atom stereocenters. The summed E-state index contributed by atoms with van der Waals surface area (Å²) < 4.78 is 0. The summed E-state index contributed by atoms with van der Waals surface area (Å²) in [6.07, 6.45) is 2.00. The van der Waals surface area contributed by atoms with Crippen LogP contribution in [-0.2, 0) is 0 Å². The summed E-state index contributed by atoms with van der Waals surface area (Å²) >= 11 is 0. The third-order valence-electron chi connectivity index (χ3n) is 2.60. The smallest absolute Gasteiger partial charge is 0.200 e. The molecule has 0 spiro atoms. The molecule has 1 aromatic rings. The standard InChI is InChI=1S/C10H13NO3/c12-8-4-3-6(9(13)10(8)14)7-2-1-5-11-7/h3-4,7,11-14H,1-2,5H2/t7-/m1/s1. The van der Waals surface area contributed by atoms with Gasteiger partial charge in [-0.2, -0.15) is 0 Å². The number of aromatic hydroxyl groups is 3. The average molecular weight is 195 g/mol. The Bertz CT molecular complexity index is 345. The predicted molar refractivity (Wildman–Crippen MR) is 51.4 cm³/mol. The fourth-order valence-corrected chi connectivity index (χ4v) is 1.82. The van der Waals surface area contributed by atoms with Crippen LogP contribution in [0, 0.1) is 0 Å². The minimum absolute atomic E-state index is 0.0847. The van der Waals surface area contributed by atoms with Crippen molar-refractivity contribution in [2.75, 3.05) is 6.54 Å². The zero-order chi connectivity index (χ0) is 10.1. The van der Waals surface area contributed by atoms with Crippen molar-refractivity contribution in [3.63, 3.8) is 0 Å². The molecular weight excluding hydrogens is 182 g/mol. The molecule has 1 atom stereocenters. The van der Waals surface area contributed by atoms with Gasteiger partial charge in [-0.1, -0.05) is 0 Å². The minimum Gasteiger partial charge on any atom is -0.504 e. The molecule has 14 heavy (non-hydrogen) atoms. The highest BCUT2D eigenvalue weighted by atomic mass is 16.3. The SMILES string of the molecule is Oc1ccc([C@H]2CCCN2)c(O)c1O. The maximum atomic E-state index is 9.59. The van der Waals surface area contributed by atoms with E-state index >= 15 is 0 Å². The molecular formula is C10H13NO3. The monoisotopic (exact) mass is 195 g/mol. The van der Waals surface area contributed by atoms with Gasteiger partial charge in [0.25, 0.3) is 0 Å². The number of phenolic OH excluding ortho intramolecular Hbond substituents is 3. The van der Waals surface area contributed by atoms with Crippen molar-refractivity contribution in [1.82, 2.24) is 5.32 Å². The van der Waals surface area contributed by atoms with Crippen LogP contribution in [0.3, 0.4) is 0 Å². The molecule has 0 radical (unpaired) electrons. The highest BCUT2D eigenvalue weighted by Crippen LogP contribution is 2.41. The fraction of sp³-hybridized carbons (Fsp3) is 0.400. The molecule has 1 aliphatic heterocycles. The van der Waals surface area contributed by atoms with E-state index in [1.807, 2.05) is 0 Å². The number of rotatable bonds is 1. The van der Waals surface area contributed by atoms with Gasteiger partial charge in [0.05, 0.1) is 0 Å². The van der Waals surface area contributed by atoms with E-state index in [-0.39, 0.29) is 17.5 Å². The van der Waals surface area contributed by atoms with Crippen molar-refractivity contribution in [2.45, 2.75) is 18.9 Å². The molecule has 0 bridgehead atoms. The van der Waals surface area contributed by atoms with Gasteiger partial charge in [-0.3, -0.25) is 0 Å². The van der Waals surface area contributed by atoms with Crippen molar-refractivity contribution in [2.24, 2.45) is 0 Å². The number of phenols is 3. The molecule has 4 nitrogen and oxygen atoms in total. The number of benzene rings is 1. The van der Waals surface area contributed by atoms with Crippen LogP contribution in [0.2, 0.25) is 0 Å². The molecule has 0 aromatic heterocycles. The summed E-state index contributed by atoms with van der Waals surface area (Å²) in [5.74, 6) is -0.940. The molecule has 4 heteroatoms. The number of nitrogens with one attached hydrogen (secondary N) is 1. The van der Waals surface area contributed by atoms with Crippen molar-refractivity contribution < 1.29 is 15.3 Å². The first kappa shape index (κ1) is 9.15. The zero-order valence-electron chi connectivity index (χ0n) is 7.70. The van der Waals surface area contributed by atoms with Gasteiger partial charge in [-0.15, -0.1) is 0 Å². The summed E-state index contributed by atoms with van der Waals surface area (Å²) in [6, 6.07) is 3.11. The van der Waals surface area contributed by atoms with E-state index in [1.165, 1.54) is 6.07 Å². The summed E-state index contributed by atoms with van der Waals surface area (Å²) in [5.41, 5.74) is 0.651. The van der Waals surface area contributed by atoms with Gasteiger partial charge in [0.1, 0.15) is 0 Å². The molecule has 1 aliphatic rings. The number of hydrogen-bond donors (Lipinski definition) is 4. The topological polar surface area (TPSA) is 72.7 Å². The third kappa shape index (κ3) is 1.37. The highest BCUT2D eigenvalue weighted by Gasteiger charge is 2.21. The minimum atomic E-state index is -0.434. The van der Waals surface area contributed by atoms with Crippen LogP contribution in [-0.4, -0.2) is 21.9 Å². The summed E-state index contributed by atoms with van der Waals surface area (Å²) in [5, 5.41) is 31.3. The van der Waals surface area contributed by atoms with E-state index in [9.17, 15) is 10.2 Å². The molecule has 1 saturated heterocycles. The second kappa shape index (κ2) is 3.38. The van der Waals surface area contributed by atoms with Crippen molar-refractivity contribution >= 4 is 0 Å². The average Bonchev–Trinajstić information content (AvgIpc) is 2.67. The second-order valence-electron chi connectivity index (χ2n) is 3.52. The van der Waals surface area contributed by atoms with E-state index in [2.05, 4.69) is 5.32 Å². The van der Waals surface area contributed by atoms with Crippen LogP contribution in [0.4, 0.5) is 0 Å². The van der Waals surface area contributed by atoms with Crippen molar-refractivity contribution in [3.8, 4) is 17.2 Å². The predicted octanol–water partition coefficient (Wildman–Crippen LogP) is 1.23. The van der Waals surface area contributed by atoms with E-state index in [0.717, 1.165) is 19.4 Å². The highest BCUT2D eigenvalue weighted by molar-refractivity contribution is 5.54. The molecule has 1 aromatic carbocycles. The van der Waals surface area contributed by atoms with Crippen LogP contribution >= 0.6 is 0 Å². The lowest BCUT2D eigenvalue weighted by molar-refractivity contribution is 0.362. The third-order valence-corrected chi connectivity index (χ3v) is 2.60. The molecule has 0 saturated carbocycles. The summed E-state index contributed by atoms with van der Waals surface area (Å²) in [4.78, 5) is 0. The molecule has 1 fully saturated rings. The van der Waals surface area contributed by atoms with Crippen LogP contribution < -0.4 is 5.32 Å². The van der Waals surface area contributed by atoms with Gasteiger partial charge >= 0.3 is 0 Å². The van der Waals surface area contributed by atoms with E-state index in [4.69, 9.17) is 5.11 Å². The molecule has 76 valence electrons. The van der Waals surface area contributed by atoms with Crippen molar-refractivity contribution in [3.05, 3.63) is 17.7 Å². The van der Waals surface area contributed by atoms with Gasteiger partial charge in [0.2, 0.25) is 5.75 Å². The fourth-order valence-electron chi connectivity index (χ4n) is 1.82. The molecule has 4 N–H and O–H groups in total. The lowest BCUT2D eigenvalue weighted by atomic mass is 10.0. The Balaban J connectivity index is 2.38. The van der Waals surface area contributed by atoms with Gasteiger partial charge in [-0.05, 0) is 31.5 Å². The molecule has 1 heterocycles. The van der Waals surface area contributed by atoms with Crippen LogP contribution in [0.5, 0.6) is 17.2 Å². The van der Waals surface area contributed by atoms with Crippen LogP contribution in [0.15, 0.2) is 12.1 Å². The lowest BCUT2D eigenvalue weighted by Crippen LogP contribution is -2.12. The molecule has 0 aliphatic carbocycles. The number of hydrogen-bond acceptors (Lipinski definition) is 4. The van der Waals surface area contributed by atoms with Gasteiger partial charge < -0.3 is 20.6 Å². The maximum absolute atomic E-state index is 9.59. The second-order valence-corrected chi connectivity index (χ2v) is 3.52. The Morgan fingerprint density at radius 3 is 2.57 bits per heavy atom.